The van der Waals surface area contributed by atoms with Gasteiger partial charge in [0.15, 0.2) is 0 Å². The maximum absolute atomic E-state index is 13.4. The molecule has 96 valence electrons. The van der Waals surface area contributed by atoms with Gasteiger partial charge in [-0.25, -0.2) is 4.39 Å². The Morgan fingerprint density at radius 1 is 1.29 bits per heavy atom. The van der Waals surface area contributed by atoms with Gasteiger partial charge in [0.1, 0.15) is 5.82 Å². The molecule has 1 rings (SSSR count). The Morgan fingerprint density at radius 2 is 2.06 bits per heavy atom. The van der Waals surface area contributed by atoms with E-state index in [0.717, 1.165) is 18.6 Å². The topological polar surface area (TPSA) is 21.3 Å². The highest BCUT2D eigenvalue weighted by Crippen LogP contribution is 2.14. The number of anilines is 1. The van der Waals surface area contributed by atoms with Crippen molar-refractivity contribution in [3.8, 4) is 0 Å². The summed E-state index contributed by atoms with van der Waals surface area (Å²) in [4.78, 5) is 0. The smallest absolute Gasteiger partial charge is 0.146 e. The summed E-state index contributed by atoms with van der Waals surface area (Å²) in [5.74, 6) is 0.463. The zero-order chi connectivity index (χ0) is 12.7. The van der Waals surface area contributed by atoms with Crippen LogP contribution in [0.25, 0.3) is 0 Å². The first-order chi connectivity index (χ1) is 8.09. The van der Waals surface area contributed by atoms with E-state index in [9.17, 15) is 4.39 Å². The van der Waals surface area contributed by atoms with Gasteiger partial charge in [-0.3, -0.25) is 0 Å². The van der Waals surface area contributed by atoms with Gasteiger partial charge in [-0.05, 0) is 37.0 Å². The highest BCUT2D eigenvalue weighted by Gasteiger charge is 2.00. The molecule has 0 aliphatic rings. The maximum atomic E-state index is 13.4. The second-order valence-electron chi connectivity index (χ2n) is 4.70. The molecule has 2 nitrogen and oxygen atoms in total. The van der Waals surface area contributed by atoms with Crippen molar-refractivity contribution in [1.29, 1.82) is 0 Å². The Morgan fingerprint density at radius 3 is 2.71 bits per heavy atom. The quantitative estimate of drug-likeness (QED) is 0.734. The Bertz CT molecular complexity index is 339. The summed E-state index contributed by atoms with van der Waals surface area (Å²) in [7, 11) is 0. The van der Waals surface area contributed by atoms with Crippen LogP contribution in [0.3, 0.4) is 0 Å². The molecular weight excluding hydrogens is 217 g/mol. The van der Waals surface area contributed by atoms with Gasteiger partial charge in [0, 0.05) is 13.2 Å². The number of rotatable bonds is 7. The minimum absolute atomic E-state index is 0.202. The zero-order valence-electron chi connectivity index (χ0n) is 10.9. The van der Waals surface area contributed by atoms with E-state index in [0.29, 0.717) is 24.8 Å². The summed E-state index contributed by atoms with van der Waals surface area (Å²) in [5, 5.41) is 3.03. The second-order valence-corrected chi connectivity index (χ2v) is 4.70. The van der Waals surface area contributed by atoms with Gasteiger partial charge in [0.25, 0.3) is 0 Å². The van der Waals surface area contributed by atoms with E-state index in [1.54, 1.807) is 6.07 Å². The fraction of sp³-hybridized carbons (Fsp3) is 0.571. The highest BCUT2D eigenvalue weighted by atomic mass is 19.1. The fourth-order valence-corrected chi connectivity index (χ4v) is 1.44. The van der Waals surface area contributed by atoms with E-state index in [4.69, 9.17) is 4.74 Å². The summed E-state index contributed by atoms with van der Waals surface area (Å²) in [6.45, 7) is 8.24. The fourth-order valence-electron chi connectivity index (χ4n) is 1.44. The first-order valence-corrected chi connectivity index (χ1v) is 6.17. The van der Waals surface area contributed by atoms with Crippen molar-refractivity contribution in [3.63, 3.8) is 0 Å². The lowest BCUT2D eigenvalue weighted by Crippen LogP contribution is -2.11. The van der Waals surface area contributed by atoms with Gasteiger partial charge < -0.3 is 10.1 Å². The monoisotopic (exact) mass is 239 g/mol. The van der Waals surface area contributed by atoms with Gasteiger partial charge in [-0.1, -0.05) is 19.9 Å². The van der Waals surface area contributed by atoms with Gasteiger partial charge in [0.2, 0.25) is 0 Å². The number of benzene rings is 1. The number of hydrogen-bond acceptors (Lipinski definition) is 2. The Kier molecular flexibility index (Phi) is 5.98. The summed E-state index contributed by atoms with van der Waals surface area (Å²) in [6.07, 6.45) is 1.07. The van der Waals surface area contributed by atoms with Crippen molar-refractivity contribution in [2.24, 2.45) is 5.92 Å². The zero-order valence-corrected chi connectivity index (χ0v) is 10.9. The summed E-state index contributed by atoms with van der Waals surface area (Å²) in [6, 6.07) is 5.19. The first-order valence-electron chi connectivity index (χ1n) is 6.17. The number of ether oxygens (including phenoxy) is 1. The van der Waals surface area contributed by atoms with Gasteiger partial charge >= 0.3 is 0 Å². The molecule has 0 bridgehead atoms. The molecule has 0 unspecified atom stereocenters. The van der Waals surface area contributed by atoms with Crippen LogP contribution in [0.4, 0.5) is 10.1 Å². The third-order valence-corrected chi connectivity index (χ3v) is 2.53. The lowest BCUT2D eigenvalue weighted by molar-refractivity contribution is 0.132. The van der Waals surface area contributed by atoms with E-state index in [-0.39, 0.29) is 5.82 Å². The number of hydrogen-bond donors (Lipinski definition) is 1. The molecule has 0 aliphatic heterocycles. The molecule has 0 aromatic heterocycles. The summed E-state index contributed by atoms with van der Waals surface area (Å²) >= 11 is 0. The number of nitrogens with one attached hydrogen (secondary N) is 1. The molecule has 1 aromatic rings. The van der Waals surface area contributed by atoms with E-state index in [2.05, 4.69) is 19.2 Å². The second kappa shape index (κ2) is 7.28. The molecule has 0 spiro atoms. The van der Waals surface area contributed by atoms with Crippen LogP contribution in [0.2, 0.25) is 0 Å². The first kappa shape index (κ1) is 14.0. The summed E-state index contributed by atoms with van der Waals surface area (Å²) in [5.41, 5.74) is 1.48. The largest absolute Gasteiger partial charge is 0.380 e. The third kappa shape index (κ3) is 5.68. The lowest BCUT2D eigenvalue weighted by atomic mass is 10.1. The van der Waals surface area contributed by atoms with E-state index in [1.165, 1.54) is 6.07 Å². The van der Waals surface area contributed by atoms with Crippen molar-refractivity contribution in [3.05, 3.63) is 29.6 Å². The lowest BCUT2D eigenvalue weighted by Gasteiger charge is -2.09. The van der Waals surface area contributed by atoms with E-state index < -0.39 is 0 Å². The SMILES string of the molecule is Cc1ccc(NCCOCCC(C)C)c(F)c1. The Hall–Kier alpha value is -1.09. The standard InChI is InChI=1S/C14H22FNO/c1-11(2)6-8-17-9-7-16-14-5-4-12(3)10-13(14)15/h4-5,10-11,16H,6-9H2,1-3H3. The van der Waals surface area contributed by atoms with Crippen molar-refractivity contribution in [2.75, 3.05) is 25.1 Å². The van der Waals surface area contributed by atoms with Crippen LogP contribution in [0.5, 0.6) is 0 Å². The van der Waals surface area contributed by atoms with Crippen LogP contribution < -0.4 is 5.32 Å². The molecule has 1 aromatic carbocycles. The van der Waals surface area contributed by atoms with Crippen LogP contribution in [0, 0.1) is 18.7 Å². The van der Waals surface area contributed by atoms with Gasteiger partial charge in [-0.15, -0.1) is 0 Å². The third-order valence-electron chi connectivity index (χ3n) is 2.53. The Labute approximate surface area is 103 Å². The maximum Gasteiger partial charge on any atom is 0.146 e. The molecule has 0 heterocycles. The minimum Gasteiger partial charge on any atom is -0.380 e. The number of halogens is 1. The molecule has 3 heteroatoms. The van der Waals surface area contributed by atoms with Crippen molar-refractivity contribution >= 4 is 5.69 Å². The van der Waals surface area contributed by atoms with Crippen LogP contribution in [0.15, 0.2) is 18.2 Å². The molecule has 0 saturated carbocycles. The molecule has 0 aliphatic carbocycles. The number of aryl methyl sites for hydroxylation is 1. The van der Waals surface area contributed by atoms with Gasteiger partial charge in [0.05, 0.1) is 12.3 Å². The van der Waals surface area contributed by atoms with E-state index in [1.807, 2.05) is 13.0 Å². The molecule has 0 saturated heterocycles. The molecule has 0 atom stereocenters. The Balaban J connectivity index is 2.18. The summed E-state index contributed by atoms with van der Waals surface area (Å²) < 4.78 is 18.9. The van der Waals surface area contributed by atoms with Crippen molar-refractivity contribution < 1.29 is 9.13 Å². The predicted octanol–water partition coefficient (Wildman–Crippen LogP) is 3.61. The molecule has 1 N–H and O–H groups in total. The molecule has 17 heavy (non-hydrogen) atoms. The van der Waals surface area contributed by atoms with Crippen LogP contribution in [-0.2, 0) is 4.74 Å². The van der Waals surface area contributed by atoms with Crippen LogP contribution >= 0.6 is 0 Å². The van der Waals surface area contributed by atoms with Crippen molar-refractivity contribution in [1.82, 2.24) is 0 Å². The van der Waals surface area contributed by atoms with Crippen LogP contribution in [-0.4, -0.2) is 19.8 Å². The van der Waals surface area contributed by atoms with Crippen molar-refractivity contribution in [2.45, 2.75) is 27.2 Å². The van der Waals surface area contributed by atoms with E-state index >= 15 is 0 Å². The van der Waals surface area contributed by atoms with Gasteiger partial charge in [-0.2, -0.15) is 0 Å². The highest BCUT2D eigenvalue weighted by molar-refractivity contribution is 5.45. The molecule has 0 amide bonds. The average Bonchev–Trinajstić information content (AvgIpc) is 2.25. The van der Waals surface area contributed by atoms with Crippen LogP contribution in [0.1, 0.15) is 25.8 Å². The molecular formula is C14H22FNO. The normalized spacial score (nSPS) is 10.9. The average molecular weight is 239 g/mol. The minimum atomic E-state index is -0.202. The molecule has 0 fully saturated rings. The molecule has 0 radical (unpaired) electrons. The predicted molar refractivity (Wildman–Crippen MR) is 69.9 cm³/mol.